The molecule has 0 aliphatic carbocycles. The van der Waals surface area contributed by atoms with Gasteiger partial charge in [0.1, 0.15) is 28.8 Å². The molecular formula is C29H27F2N5O4. The van der Waals surface area contributed by atoms with E-state index in [0.29, 0.717) is 51.8 Å². The van der Waals surface area contributed by atoms with Crippen molar-refractivity contribution in [3.05, 3.63) is 84.1 Å². The number of benzene rings is 3. The van der Waals surface area contributed by atoms with E-state index in [2.05, 4.69) is 20.4 Å². The van der Waals surface area contributed by atoms with Crippen LogP contribution >= 0.6 is 0 Å². The van der Waals surface area contributed by atoms with E-state index < -0.39 is 11.6 Å². The van der Waals surface area contributed by atoms with Crippen LogP contribution in [-0.4, -0.2) is 52.3 Å². The molecule has 5 aromatic rings. The lowest BCUT2D eigenvalue weighted by Gasteiger charge is -2.13. The minimum Gasteiger partial charge on any atom is -0.495 e. The van der Waals surface area contributed by atoms with Crippen molar-refractivity contribution in [3.63, 3.8) is 0 Å². The fraction of sp³-hybridized carbons (Fsp3) is 0.207. The molecule has 0 amide bonds. The molecule has 0 aliphatic heterocycles. The number of aliphatic hydroxyl groups excluding tert-OH is 1. The highest BCUT2D eigenvalue weighted by Gasteiger charge is 2.20. The van der Waals surface area contributed by atoms with Crippen LogP contribution in [0.1, 0.15) is 12.0 Å². The van der Waals surface area contributed by atoms with Crippen molar-refractivity contribution in [2.75, 3.05) is 32.8 Å². The second-order valence-electron chi connectivity index (χ2n) is 8.75. The molecule has 206 valence electrons. The monoisotopic (exact) mass is 547 g/mol. The van der Waals surface area contributed by atoms with E-state index in [9.17, 15) is 8.78 Å². The van der Waals surface area contributed by atoms with Gasteiger partial charge in [-0.05, 0) is 18.2 Å². The van der Waals surface area contributed by atoms with Gasteiger partial charge in [0.25, 0.3) is 0 Å². The maximum Gasteiger partial charge on any atom is 0.183 e. The summed E-state index contributed by atoms with van der Waals surface area (Å²) in [5.41, 5.74) is 1.60. The molecule has 0 radical (unpaired) electrons. The number of nitrogens with one attached hydrogen (secondary N) is 1. The first-order chi connectivity index (χ1) is 19.5. The fourth-order valence-corrected chi connectivity index (χ4v) is 4.23. The molecule has 0 fully saturated rings. The lowest BCUT2D eigenvalue weighted by Crippen LogP contribution is -2.08. The molecule has 2 N–H and O–H groups in total. The Bertz CT molecular complexity index is 1620. The first kappa shape index (κ1) is 26.8. The Kier molecular flexibility index (Phi) is 8.02. The van der Waals surface area contributed by atoms with Gasteiger partial charge < -0.3 is 24.6 Å². The Morgan fingerprint density at radius 3 is 2.42 bits per heavy atom. The average molecular weight is 548 g/mol. The van der Waals surface area contributed by atoms with Crippen molar-refractivity contribution < 1.29 is 28.1 Å². The van der Waals surface area contributed by atoms with E-state index in [-0.39, 0.29) is 31.1 Å². The summed E-state index contributed by atoms with van der Waals surface area (Å²) < 4.78 is 47.7. The normalized spacial score (nSPS) is 11.0. The predicted molar refractivity (Wildman–Crippen MR) is 146 cm³/mol. The van der Waals surface area contributed by atoms with E-state index >= 15 is 0 Å². The number of methoxy groups -OCH3 is 2. The van der Waals surface area contributed by atoms with Gasteiger partial charge in [0.2, 0.25) is 0 Å². The third kappa shape index (κ3) is 5.50. The minimum atomic E-state index is -0.760. The summed E-state index contributed by atoms with van der Waals surface area (Å²) >= 11 is 0. The van der Waals surface area contributed by atoms with E-state index in [1.807, 2.05) is 48.5 Å². The standard InChI is InChI=1S/C29H27F2N5O4/c1-38-25-11-6-4-9-23(25)33-28-26(39-2)16-32-29(34-28)27-19-8-3-5-10-24(19)36(35-27)17-20-21(30)14-18(15-22(20)31)40-13-7-12-37/h3-6,8-11,14-16,37H,7,12-13,17H2,1-2H3,(H,32,33,34). The largest absolute Gasteiger partial charge is 0.495 e. The number of fused-ring (bicyclic) bond motifs is 1. The molecule has 0 spiro atoms. The molecule has 11 heteroatoms. The summed E-state index contributed by atoms with van der Waals surface area (Å²) in [5.74, 6) is 0.247. The highest BCUT2D eigenvalue weighted by Crippen LogP contribution is 2.34. The third-order valence-electron chi connectivity index (χ3n) is 6.20. The van der Waals surface area contributed by atoms with Crippen molar-refractivity contribution in [2.24, 2.45) is 0 Å². The van der Waals surface area contributed by atoms with E-state index in [4.69, 9.17) is 19.3 Å². The molecule has 0 bridgehead atoms. The first-order valence-electron chi connectivity index (χ1n) is 12.5. The third-order valence-corrected chi connectivity index (χ3v) is 6.20. The van der Waals surface area contributed by atoms with Crippen LogP contribution in [0.4, 0.5) is 20.3 Å². The summed E-state index contributed by atoms with van der Waals surface area (Å²) in [7, 11) is 3.09. The number of nitrogens with zero attached hydrogens (tertiary/aromatic N) is 4. The summed E-state index contributed by atoms with van der Waals surface area (Å²) in [4.78, 5) is 9.13. The highest BCUT2D eigenvalue weighted by molar-refractivity contribution is 5.92. The molecule has 0 atom stereocenters. The van der Waals surface area contributed by atoms with Gasteiger partial charge in [0.15, 0.2) is 17.4 Å². The van der Waals surface area contributed by atoms with Crippen LogP contribution in [0.2, 0.25) is 0 Å². The van der Waals surface area contributed by atoms with Crippen LogP contribution in [0.15, 0.2) is 66.9 Å². The molecule has 0 unspecified atom stereocenters. The van der Waals surface area contributed by atoms with Crippen LogP contribution in [0.5, 0.6) is 17.2 Å². The van der Waals surface area contributed by atoms with Gasteiger partial charge in [0.05, 0.1) is 44.8 Å². The van der Waals surface area contributed by atoms with Crippen LogP contribution in [0.25, 0.3) is 22.4 Å². The molecule has 0 saturated carbocycles. The fourth-order valence-electron chi connectivity index (χ4n) is 4.23. The first-order valence-corrected chi connectivity index (χ1v) is 12.5. The number of aliphatic hydroxyl groups is 1. The smallest absolute Gasteiger partial charge is 0.183 e. The van der Waals surface area contributed by atoms with Crippen molar-refractivity contribution in [1.82, 2.24) is 19.7 Å². The molecule has 5 rings (SSSR count). The van der Waals surface area contributed by atoms with E-state index in [1.165, 1.54) is 18.0 Å². The van der Waals surface area contributed by atoms with Crippen LogP contribution in [0, 0.1) is 11.6 Å². The van der Waals surface area contributed by atoms with Crippen molar-refractivity contribution in [2.45, 2.75) is 13.0 Å². The van der Waals surface area contributed by atoms with Crippen LogP contribution in [-0.2, 0) is 6.54 Å². The summed E-state index contributed by atoms with van der Waals surface area (Å²) in [6.07, 6.45) is 1.89. The van der Waals surface area contributed by atoms with Gasteiger partial charge in [-0.1, -0.05) is 30.3 Å². The Morgan fingerprint density at radius 1 is 0.950 bits per heavy atom. The van der Waals surface area contributed by atoms with E-state index in [1.54, 1.807) is 7.11 Å². The molecule has 2 aromatic heterocycles. The van der Waals surface area contributed by atoms with Gasteiger partial charge in [-0.15, -0.1) is 0 Å². The SMILES string of the molecule is COc1ccccc1Nc1nc(-c2nn(Cc3c(F)cc(OCCCO)cc3F)c3ccccc23)ncc1OC. The molecular weight excluding hydrogens is 520 g/mol. The Labute approximate surface area is 229 Å². The maximum absolute atomic E-state index is 15.0. The number of para-hydroxylation sites is 3. The number of ether oxygens (including phenoxy) is 3. The number of halogens is 2. The quantitative estimate of drug-likeness (QED) is 0.214. The molecule has 40 heavy (non-hydrogen) atoms. The summed E-state index contributed by atoms with van der Waals surface area (Å²) in [6, 6.07) is 17.0. The molecule has 0 aliphatic rings. The van der Waals surface area contributed by atoms with Gasteiger partial charge in [0, 0.05) is 36.1 Å². The van der Waals surface area contributed by atoms with Crippen LogP contribution < -0.4 is 19.5 Å². The van der Waals surface area contributed by atoms with Crippen molar-refractivity contribution in [1.29, 1.82) is 0 Å². The molecule has 2 heterocycles. The molecule has 0 saturated heterocycles. The minimum absolute atomic E-state index is 0.0555. The Balaban J connectivity index is 1.52. The summed E-state index contributed by atoms with van der Waals surface area (Å²) in [6.45, 7) is -0.0944. The Morgan fingerprint density at radius 2 is 1.68 bits per heavy atom. The molecule has 3 aromatic carbocycles. The highest BCUT2D eigenvalue weighted by atomic mass is 19.1. The summed E-state index contributed by atoms with van der Waals surface area (Å²) in [5, 5.41) is 17.5. The number of aromatic nitrogens is 4. The van der Waals surface area contributed by atoms with Gasteiger partial charge in [-0.3, -0.25) is 4.68 Å². The topological polar surface area (TPSA) is 104 Å². The predicted octanol–water partition coefficient (Wildman–Crippen LogP) is 5.34. The lowest BCUT2D eigenvalue weighted by molar-refractivity contribution is 0.232. The number of rotatable bonds is 11. The zero-order valence-corrected chi connectivity index (χ0v) is 21.9. The second-order valence-corrected chi connectivity index (χ2v) is 8.75. The average Bonchev–Trinajstić information content (AvgIpc) is 3.34. The van der Waals surface area contributed by atoms with Crippen LogP contribution in [0.3, 0.4) is 0 Å². The van der Waals surface area contributed by atoms with Gasteiger partial charge in [-0.2, -0.15) is 5.10 Å². The maximum atomic E-state index is 15.0. The number of anilines is 2. The number of hydrogen-bond acceptors (Lipinski definition) is 8. The van der Waals surface area contributed by atoms with Gasteiger partial charge >= 0.3 is 0 Å². The molecule has 9 nitrogen and oxygen atoms in total. The lowest BCUT2D eigenvalue weighted by atomic mass is 10.1. The van der Waals surface area contributed by atoms with Crippen molar-refractivity contribution >= 4 is 22.4 Å². The number of hydrogen-bond donors (Lipinski definition) is 2. The van der Waals surface area contributed by atoms with Gasteiger partial charge in [-0.25, -0.2) is 18.7 Å². The zero-order chi connectivity index (χ0) is 28.1. The van der Waals surface area contributed by atoms with E-state index in [0.717, 1.165) is 12.1 Å². The second kappa shape index (κ2) is 12.0. The Hall–Kier alpha value is -4.77. The zero-order valence-electron chi connectivity index (χ0n) is 21.9. The van der Waals surface area contributed by atoms with Crippen molar-refractivity contribution in [3.8, 4) is 28.8 Å².